The Bertz CT molecular complexity index is 505. The summed E-state index contributed by atoms with van der Waals surface area (Å²) in [6.45, 7) is 1.52. The van der Waals surface area contributed by atoms with Crippen LogP contribution in [0.3, 0.4) is 0 Å². The first-order valence-electron chi connectivity index (χ1n) is 5.53. The highest BCUT2D eigenvalue weighted by Gasteiger charge is 2.18. The molecule has 1 atom stereocenters. The summed E-state index contributed by atoms with van der Waals surface area (Å²) in [5.74, 6) is -0.161. The maximum atomic E-state index is 11.6. The van der Waals surface area contributed by atoms with Gasteiger partial charge in [-0.25, -0.2) is 4.79 Å². The molecule has 0 saturated heterocycles. The van der Waals surface area contributed by atoms with Crippen LogP contribution in [0.25, 0.3) is 0 Å². The van der Waals surface area contributed by atoms with E-state index in [0.29, 0.717) is 11.3 Å². The first-order valence-corrected chi connectivity index (χ1v) is 5.94. The second-order valence-corrected chi connectivity index (χ2v) is 4.13. The van der Waals surface area contributed by atoms with Crippen LogP contribution >= 0.6 is 12.2 Å². The Morgan fingerprint density at radius 1 is 1.37 bits per heavy atom. The Labute approximate surface area is 116 Å². The molecular weight excluding hydrogens is 266 g/mol. The maximum Gasteiger partial charge on any atom is 0.321 e. The number of nitrogens with two attached hydrogens (primary N) is 1. The minimum absolute atomic E-state index is 0.175. The maximum absolute atomic E-state index is 11.6. The molecule has 0 aliphatic carbocycles. The van der Waals surface area contributed by atoms with Crippen molar-refractivity contribution in [2.24, 2.45) is 5.73 Å². The van der Waals surface area contributed by atoms with Crippen molar-refractivity contribution in [3.8, 4) is 5.75 Å². The number of rotatable bonds is 4. The third kappa shape index (κ3) is 4.22. The lowest BCUT2D eigenvalue weighted by atomic mass is 10.2. The molecule has 1 aromatic rings. The summed E-state index contributed by atoms with van der Waals surface area (Å²) in [5.41, 5.74) is 6.09. The molecule has 102 valence electrons. The number of carbonyl (C=O) groups excluding carboxylic acids is 2. The average molecular weight is 281 g/mol. The number of benzene rings is 1. The lowest BCUT2D eigenvalue weighted by Gasteiger charge is -2.16. The molecule has 0 aliphatic rings. The van der Waals surface area contributed by atoms with Crippen LogP contribution in [0, 0.1) is 0 Å². The van der Waals surface area contributed by atoms with Crippen LogP contribution in [0.15, 0.2) is 24.3 Å². The molecule has 19 heavy (non-hydrogen) atoms. The van der Waals surface area contributed by atoms with Gasteiger partial charge in [0.25, 0.3) is 5.91 Å². The molecule has 7 heteroatoms. The number of ether oxygens (including phenoxy) is 1. The largest absolute Gasteiger partial charge is 0.480 e. The Hall–Kier alpha value is -2.15. The molecule has 0 fully saturated rings. The van der Waals surface area contributed by atoms with Gasteiger partial charge in [0, 0.05) is 7.05 Å². The van der Waals surface area contributed by atoms with Gasteiger partial charge in [-0.05, 0) is 19.1 Å². The predicted molar refractivity (Wildman–Crippen MR) is 75.0 cm³/mol. The summed E-state index contributed by atoms with van der Waals surface area (Å²) in [7, 11) is 1.41. The molecule has 0 aromatic heterocycles. The van der Waals surface area contributed by atoms with E-state index in [1.165, 1.54) is 14.0 Å². The molecule has 0 saturated carbocycles. The Morgan fingerprint density at radius 2 is 2.00 bits per heavy atom. The molecule has 0 bridgehead atoms. The summed E-state index contributed by atoms with van der Waals surface area (Å²) in [5, 5.41) is 4.40. The van der Waals surface area contributed by atoms with Gasteiger partial charge in [-0.3, -0.25) is 10.1 Å². The van der Waals surface area contributed by atoms with Gasteiger partial charge in [-0.1, -0.05) is 24.4 Å². The molecule has 0 aliphatic heterocycles. The number of imide groups is 1. The molecule has 0 radical (unpaired) electrons. The number of amides is 3. The van der Waals surface area contributed by atoms with E-state index in [9.17, 15) is 9.59 Å². The van der Waals surface area contributed by atoms with Gasteiger partial charge in [0.15, 0.2) is 6.10 Å². The second kappa shape index (κ2) is 6.69. The van der Waals surface area contributed by atoms with E-state index in [0.717, 1.165) is 0 Å². The summed E-state index contributed by atoms with van der Waals surface area (Å²) < 4.78 is 5.45. The number of urea groups is 1. The monoisotopic (exact) mass is 281 g/mol. The van der Waals surface area contributed by atoms with Crippen molar-refractivity contribution in [3.63, 3.8) is 0 Å². The molecule has 1 unspecified atom stereocenters. The van der Waals surface area contributed by atoms with Gasteiger partial charge in [0.1, 0.15) is 10.7 Å². The van der Waals surface area contributed by atoms with Gasteiger partial charge in [-0.2, -0.15) is 0 Å². The zero-order valence-corrected chi connectivity index (χ0v) is 11.4. The van der Waals surface area contributed by atoms with E-state index in [1.807, 2.05) is 0 Å². The van der Waals surface area contributed by atoms with Gasteiger partial charge < -0.3 is 15.8 Å². The van der Waals surface area contributed by atoms with Crippen molar-refractivity contribution in [2.75, 3.05) is 7.05 Å². The molecule has 3 amide bonds. The van der Waals surface area contributed by atoms with E-state index in [1.54, 1.807) is 24.3 Å². The summed E-state index contributed by atoms with van der Waals surface area (Å²) in [4.78, 5) is 22.8. The van der Waals surface area contributed by atoms with Crippen molar-refractivity contribution >= 4 is 29.1 Å². The third-order valence-corrected chi connectivity index (χ3v) is 2.51. The molecule has 0 spiro atoms. The third-order valence-electron chi connectivity index (χ3n) is 2.29. The molecule has 1 aromatic carbocycles. The lowest BCUT2D eigenvalue weighted by molar-refractivity contribution is -0.126. The lowest BCUT2D eigenvalue weighted by Crippen LogP contribution is -2.44. The molecule has 6 nitrogen and oxygen atoms in total. The van der Waals surface area contributed by atoms with Crippen LogP contribution in [0.5, 0.6) is 5.75 Å². The summed E-state index contributed by atoms with van der Waals surface area (Å²) >= 11 is 4.89. The van der Waals surface area contributed by atoms with Crippen LogP contribution in [-0.2, 0) is 4.79 Å². The molecule has 0 heterocycles. The fourth-order valence-electron chi connectivity index (χ4n) is 1.29. The van der Waals surface area contributed by atoms with E-state index >= 15 is 0 Å². The Morgan fingerprint density at radius 3 is 2.58 bits per heavy atom. The van der Waals surface area contributed by atoms with E-state index < -0.39 is 18.0 Å². The highest BCUT2D eigenvalue weighted by Crippen LogP contribution is 2.19. The molecular formula is C12H15N3O3S. The molecule has 1 rings (SSSR count). The Balaban J connectivity index is 2.77. The number of carbonyl (C=O) groups is 2. The average Bonchev–Trinajstić information content (AvgIpc) is 2.38. The van der Waals surface area contributed by atoms with Crippen LogP contribution in [0.4, 0.5) is 4.79 Å². The normalized spacial score (nSPS) is 11.3. The van der Waals surface area contributed by atoms with Gasteiger partial charge >= 0.3 is 6.03 Å². The minimum Gasteiger partial charge on any atom is -0.480 e. The molecule has 4 N–H and O–H groups in total. The predicted octanol–water partition coefficient (Wildman–Crippen LogP) is 0.544. The first-order chi connectivity index (χ1) is 8.95. The number of hydrogen-bond acceptors (Lipinski definition) is 4. The topological polar surface area (TPSA) is 93.5 Å². The number of thiocarbonyl (C=S) groups is 1. The highest BCUT2D eigenvalue weighted by atomic mass is 32.1. The number of para-hydroxylation sites is 1. The zero-order valence-electron chi connectivity index (χ0n) is 10.6. The fraction of sp³-hybridized carbons (Fsp3) is 0.250. The highest BCUT2D eigenvalue weighted by molar-refractivity contribution is 7.80. The fourth-order valence-corrected chi connectivity index (χ4v) is 1.46. The van der Waals surface area contributed by atoms with Crippen LogP contribution in [0.1, 0.15) is 12.5 Å². The van der Waals surface area contributed by atoms with Crippen molar-refractivity contribution in [1.29, 1.82) is 0 Å². The zero-order chi connectivity index (χ0) is 14.4. The minimum atomic E-state index is -0.854. The van der Waals surface area contributed by atoms with Crippen LogP contribution in [0.2, 0.25) is 0 Å². The Kier molecular flexibility index (Phi) is 5.25. The van der Waals surface area contributed by atoms with Crippen molar-refractivity contribution < 1.29 is 14.3 Å². The second-order valence-electron chi connectivity index (χ2n) is 3.69. The first kappa shape index (κ1) is 14.9. The van der Waals surface area contributed by atoms with E-state index in [2.05, 4.69) is 10.6 Å². The van der Waals surface area contributed by atoms with Crippen molar-refractivity contribution in [1.82, 2.24) is 10.6 Å². The number of nitrogens with one attached hydrogen (secondary N) is 2. The smallest absolute Gasteiger partial charge is 0.321 e. The van der Waals surface area contributed by atoms with Crippen molar-refractivity contribution in [3.05, 3.63) is 29.8 Å². The van der Waals surface area contributed by atoms with Gasteiger partial charge in [-0.15, -0.1) is 0 Å². The van der Waals surface area contributed by atoms with Crippen molar-refractivity contribution in [2.45, 2.75) is 13.0 Å². The van der Waals surface area contributed by atoms with E-state index in [4.69, 9.17) is 22.7 Å². The van der Waals surface area contributed by atoms with Crippen LogP contribution < -0.4 is 21.1 Å². The summed E-state index contributed by atoms with van der Waals surface area (Å²) in [6.07, 6.45) is -0.854. The van der Waals surface area contributed by atoms with E-state index in [-0.39, 0.29) is 4.99 Å². The van der Waals surface area contributed by atoms with Gasteiger partial charge in [0.2, 0.25) is 0 Å². The standard InChI is InChI=1S/C12H15N3O3S/c1-7(11(16)15-12(17)14-2)18-9-6-4-3-5-8(9)10(13)19/h3-7H,1-2H3,(H2,13,19)(H2,14,15,16,17). The van der Waals surface area contributed by atoms with Gasteiger partial charge in [0.05, 0.1) is 5.56 Å². The SMILES string of the molecule is CNC(=O)NC(=O)C(C)Oc1ccccc1C(N)=S. The summed E-state index contributed by atoms with van der Waals surface area (Å²) in [6, 6.07) is 6.25. The van der Waals surface area contributed by atoms with Crippen LogP contribution in [-0.4, -0.2) is 30.1 Å². The number of hydrogen-bond donors (Lipinski definition) is 3. The quantitative estimate of drug-likeness (QED) is 0.701.